The highest BCUT2D eigenvalue weighted by Crippen LogP contribution is 2.30. The minimum atomic E-state index is -0.140. The second-order valence-electron chi connectivity index (χ2n) is 8.92. The van der Waals surface area contributed by atoms with E-state index >= 15 is 0 Å². The smallest absolute Gasteiger partial charge is 0.257 e. The van der Waals surface area contributed by atoms with Gasteiger partial charge in [0.1, 0.15) is 5.75 Å². The van der Waals surface area contributed by atoms with Crippen molar-refractivity contribution in [3.63, 3.8) is 0 Å². The zero-order valence-corrected chi connectivity index (χ0v) is 18.8. The number of nitrogens with zero attached hydrogens (tertiary/aromatic N) is 3. The lowest BCUT2D eigenvalue weighted by atomic mass is 10.1. The third-order valence-corrected chi connectivity index (χ3v) is 6.51. The highest BCUT2D eigenvalue weighted by atomic mass is 16.5. The van der Waals surface area contributed by atoms with E-state index in [4.69, 9.17) is 4.74 Å². The normalized spacial score (nSPS) is 16.9. The van der Waals surface area contributed by atoms with Gasteiger partial charge in [-0.15, -0.1) is 0 Å². The van der Waals surface area contributed by atoms with Gasteiger partial charge in [0.25, 0.3) is 5.91 Å². The van der Waals surface area contributed by atoms with Gasteiger partial charge in [0.2, 0.25) is 0 Å². The number of fused-ring (bicyclic) bond motifs is 1. The summed E-state index contributed by atoms with van der Waals surface area (Å²) in [5.74, 6) is 1.56. The Labute approximate surface area is 189 Å². The van der Waals surface area contributed by atoms with Crippen molar-refractivity contribution in [1.82, 2.24) is 9.88 Å². The first-order chi connectivity index (χ1) is 15.6. The lowest BCUT2D eigenvalue weighted by molar-refractivity contribution is 0.102. The van der Waals surface area contributed by atoms with Crippen molar-refractivity contribution in [3.8, 4) is 5.75 Å². The maximum atomic E-state index is 13.0. The first-order valence-corrected chi connectivity index (χ1v) is 11.4. The number of hydrogen-bond acceptors (Lipinski definition) is 5. The van der Waals surface area contributed by atoms with Gasteiger partial charge in [-0.3, -0.25) is 14.7 Å². The predicted molar refractivity (Wildman–Crippen MR) is 129 cm³/mol. The van der Waals surface area contributed by atoms with Crippen molar-refractivity contribution < 1.29 is 9.53 Å². The van der Waals surface area contributed by atoms with E-state index < -0.39 is 0 Å². The van der Waals surface area contributed by atoms with Crippen LogP contribution in [0.25, 0.3) is 10.9 Å². The van der Waals surface area contributed by atoms with Crippen LogP contribution in [0.15, 0.2) is 48.5 Å². The van der Waals surface area contributed by atoms with Crippen molar-refractivity contribution in [2.45, 2.75) is 19.8 Å². The molecule has 6 nitrogen and oxygen atoms in total. The molecule has 1 amide bonds. The molecule has 0 bridgehead atoms. The fraction of sp³-hybridized carbons (Fsp3) is 0.385. The third kappa shape index (κ3) is 4.55. The number of nitrogens with one attached hydrogen (secondary N) is 1. The van der Waals surface area contributed by atoms with Crippen LogP contribution in [-0.4, -0.2) is 55.6 Å². The molecular formula is C26H30N4O2. The summed E-state index contributed by atoms with van der Waals surface area (Å²) in [7, 11) is 1.64. The Hall–Kier alpha value is -3.12. The van der Waals surface area contributed by atoms with E-state index in [0.717, 1.165) is 60.1 Å². The van der Waals surface area contributed by atoms with Gasteiger partial charge in [-0.25, -0.2) is 0 Å². The highest BCUT2D eigenvalue weighted by molar-refractivity contribution is 6.07. The topological polar surface area (TPSA) is 57.7 Å². The SMILES string of the molecule is COc1ccc2cc(C(=O)Nc3cccc(N4CCN(CC5CC5)CC4)c3)c(C)nc2c1. The van der Waals surface area contributed by atoms with E-state index in [1.807, 2.05) is 43.3 Å². The van der Waals surface area contributed by atoms with Crippen LogP contribution < -0.4 is 15.0 Å². The molecule has 3 aromatic rings. The zero-order chi connectivity index (χ0) is 22.1. The van der Waals surface area contributed by atoms with Gasteiger partial charge in [0, 0.05) is 55.6 Å². The highest BCUT2D eigenvalue weighted by Gasteiger charge is 2.26. The summed E-state index contributed by atoms with van der Waals surface area (Å²) in [5, 5.41) is 3.98. The van der Waals surface area contributed by atoms with E-state index in [1.54, 1.807) is 7.11 Å². The molecule has 2 aliphatic rings. The Morgan fingerprint density at radius 2 is 1.91 bits per heavy atom. The number of aryl methyl sites for hydroxylation is 1. The Morgan fingerprint density at radius 3 is 2.66 bits per heavy atom. The maximum Gasteiger partial charge on any atom is 0.257 e. The maximum absolute atomic E-state index is 13.0. The van der Waals surface area contributed by atoms with Crippen LogP contribution in [0.1, 0.15) is 28.9 Å². The summed E-state index contributed by atoms with van der Waals surface area (Å²) < 4.78 is 5.28. The summed E-state index contributed by atoms with van der Waals surface area (Å²) in [5.41, 5.74) is 4.07. The number of methoxy groups -OCH3 is 1. The molecule has 1 saturated heterocycles. The Morgan fingerprint density at radius 1 is 1.09 bits per heavy atom. The van der Waals surface area contributed by atoms with E-state index in [9.17, 15) is 4.79 Å². The summed E-state index contributed by atoms with van der Waals surface area (Å²) in [6.45, 7) is 7.41. The second-order valence-corrected chi connectivity index (χ2v) is 8.92. The quantitative estimate of drug-likeness (QED) is 0.631. The molecule has 0 spiro atoms. The number of aromatic nitrogens is 1. The molecule has 2 heterocycles. The third-order valence-electron chi connectivity index (χ3n) is 6.51. The van der Waals surface area contributed by atoms with Crippen LogP contribution in [0.4, 0.5) is 11.4 Å². The van der Waals surface area contributed by atoms with E-state index in [-0.39, 0.29) is 5.91 Å². The first kappa shape index (κ1) is 20.8. The Kier molecular flexibility index (Phi) is 5.70. The first-order valence-electron chi connectivity index (χ1n) is 11.4. The second kappa shape index (κ2) is 8.79. The summed E-state index contributed by atoms with van der Waals surface area (Å²) in [6, 6.07) is 15.8. The monoisotopic (exact) mass is 430 g/mol. The molecule has 1 aliphatic carbocycles. The molecular weight excluding hydrogens is 400 g/mol. The van der Waals surface area contributed by atoms with Crippen LogP contribution >= 0.6 is 0 Å². The van der Waals surface area contributed by atoms with Crippen LogP contribution in [-0.2, 0) is 0 Å². The molecule has 1 aromatic heterocycles. The number of anilines is 2. The number of rotatable bonds is 6. The van der Waals surface area contributed by atoms with Gasteiger partial charge in [-0.2, -0.15) is 0 Å². The fourth-order valence-corrected chi connectivity index (χ4v) is 4.43. The van der Waals surface area contributed by atoms with Crippen molar-refractivity contribution in [3.05, 3.63) is 59.8 Å². The summed E-state index contributed by atoms with van der Waals surface area (Å²) in [6.07, 6.45) is 2.81. The molecule has 6 heteroatoms. The van der Waals surface area contributed by atoms with Crippen LogP contribution in [0.3, 0.4) is 0 Å². The van der Waals surface area contributed by atoms with Crippen molar-refractivity contribution in [1.29, 1.82) is 0 Å². The number of benzene rings is 2. The molecule has 0 radical (unpaired) electrons. The molecule has 5 rings (SSSR count). The number of carbonyl (C=O) groups is 1. The molecule has 32 heavy (non-hydrogen) atoms. The standard InChI is InChI=1S/C26H30N4O2/c1-18-24(14-20-8-9-23(32-2)16-25(20)27-18)26(31)28-21-4-3-5-22(15-21)30-12-10-29(11-13-30)17-19-6-7-19/h3-5,8-9,14-16,19H,6-7,10-13,17H2,1-2H3,(H,28,31). The summed E-state index contributed by atoms with van der Waals surface area (Å²) in [4.78, 5) is 22.7. The summed E-state index contributed by atoms with van der Waals surface area (Å²) >= 11 is 0. The lowest BCUT2D eigenvalue weighted by Crippen LogP contribution is -2.47. The molecule has 2 aromatic carbocycles. The molecule has 1 N–H and O–H groups in total. The van der Waals surface area contributed by atoms with Gasteiger partial charge in [-0.05, 0) is 62.1 Å². The van der Waals surface area contributed by atoms with E-state index in [0.29, 0.717) is 11.3 Å². The van der Waals surface area contributed by atoms with Crippen molar-refractivity contribution in [2.24, 2.45) is 5.92 Å². The van der Waals surface area contributed by atoms with Crippen molar-refractivity contribution in [2.75, 3.05) is 50.1 Å². The molecule has 2 fully saturated rings. The van der Waals surface area contributed by atoms with Gasteiger partial charge in [0.15, 0.2) is 0 Å². The fourth-order valence-electron chi connectivity index (χ4n) is 4.43. The van der Waals surface area contributed by atoms with Gasteiger partial charge < -0.3 is 15.0 Å². The number of ether oxygens (including phenoxy) is 1. The van der Waals surface area contributed by atoms with Crippen LogP contribution in [0.2, 0.25) is 0 Å². The molecule has 1 saturated carbocycles. The average Bonchev–Trinajstić information content (AvgIpc) is 3.63. The van der Waals surface area contributed by atoms with Crippen LogP contribution in [0.5, 0.6) is 5.75 Å². The Balaban J connectivity index is 1.28. The minimum Gasteiger partial charge on any atom is -0.497 e. The van der Waals surface area contributed by atoms with Gasteiger partial charge in [0.05, 0.1) is 23.9 Å². The van der Waals surface area contributed by atoms with E-state index in [2.05, 4.69) is 32.2 Å². The van der Waals surface area contributed by atoms with Gasteiger partial charge >= 0.3 is 0 Å². The van der Waals surface area contributed by atoms with Gasteiger partial charge in [-0.1, -0.05) is 6.07 Å². The number of hydrogen-bond donors (Lipinski definition) is 1. The van der Waals surface area contributed by atoms with Crippen molar-refractivity contribution >= 4 is 28.2 Å². The largest absolute Gasteiger partial charge is 0.497 e. The number of pyridine rings is 1. The van der Waals surface area contributed by atoms with E-state index in [1.165, 1.54) is 19.4 Å². The molecule has 0 unspecified atom stereocenters. The lowest BCUT2D eigenvalue weighted by Gasteiger charge is -2.36. The average molecular weight is 431 g/mol. The molecule has 1 aliphatic heterocycles. The Bertz CT molecular complexity index is 1130. The predicted octanol–water partition coefficient (Wildman–Crippen LogP) is 4.34. The molecule has 0 atom stereocenters. The zero-order valence-electron chi connectivity index (χ0n) is 18.8. The minimum absolute atomic E-state index is 0.140. The van der Waals surface area contributed by atoms with Crippen LogP contribution in [0, 0.1) is 12.8 Å². The number of piperazine rings is 1. The number of amides is 1. The number of carbonyl (C=O) groups excluding carboxylic acids is 1. The molecule has 166 valence electrons.